The fourth-order valence-electron chi connectivity index (χ4n) is 4.07. The molecule has 0 bridgehead atoms. The number of hydrogen-bond donors (Lipinski definition) is 1. The van der Waals surface area contributed by atoms with Crippen molar-refractivity contribution in [2.45, 2.75) is 51.7 Å². The van der Waals surface area contributed by atoms with Crippen LogP contribution in [-0.2, 0) is 17.8 Å². The third-order valence-corrected chi connectivity index (χ3v) is 6.01. The molecule has 1 aliphatic heterocycles. The van der Waals surface area contributed by atoms with Gasteiger partial charge in [-0.05, 0) is 47.2 Å². The fraction of sp³-hybridized carbons (Fsp3) is 0.308. The third kappa shape index (κ3) is 4.41. The lowest BCUT2D eigenvalue weighted by molar-refractivity contribution is -0.126. The van der Waals surface area contributed by atoms with Crippen molar-refractivity contribution >= 4 is 11.8 Å². The largest absolute Gasteiger partial charge is 0.459 e. The summed E-state index contributed by atoms with van der Waals surface area (Å²) in [5, 5.41) is 3.11. The third-order valence-electron chi connectivity index (χ3n) is 6.01. The Morgan fingerprint density at radius 3 is 2.26 bits per heavy atom. The van der Waals surface area contributed by atoms with Crippen LogP contribution in [-0.4, -0.2) is 22.8 Å². The number of amides is 2. The molecule has 2 aromatic carbocycles. The summed E-state index contributed by atoms with van der Waals surface area (Å²) < 4.78 is 5.32. The first-order valence-electron chi connectivity index (χ1n) is 10.8. The number of furan rings is 1. The average molecular weight is 417 g/mol. The Kier molecular flexibility index (Phi) is 5.94. The quantitative estimate of drug-likeness (QED) is 0.647. The van der Waals surface area contributed by atoms with Gasteiger partial charge in [-0.15, -0.1) is 0 Å². The first-order chi connectivity index (χ1) is 14.9. The molecule has 1 aliphatic rings. The summed E-state index contributed by atoms with van der Waals surface area (Å²) in [6, 6.07) is 18.8. The zero-order chi connectivity index (χ0) is 22.0. The molecule has 0 fully saturated rings. The second-order valence-electron chi connectivity index (χ2n) is 8.45. The number of carbonyl (C=O) groups excluding carboxylic acids is 2. The van der Waals surface area contributed by atoms with Crippen LogP contribution in [0.4, 0.5) is 0 Å². The fourth-order valence-corrected chi connectivity index (χ4v) is 4.07. The normalized spacial score (nSPS) is 16.6. The van der Waals surface area contributed by atoms with Crippen molar-refractivity contribution in [3.8, 4) is 0 Å². The van der Waals surface area contributed by atoms with E-state index in [0.29, 0.717) is 18.9 Å². The van der Waals surface area contributed by atoms with Gasteiger partial charge in [-0.3, -0.25) is 9.59 Å². The van der Waals surface area contributed by atoms with E-state index in [4.69, 9.17) is 4.42 Å². The lowest BCUT2D eigenvalue weighted by Gasteiger charge is -2.36. The van der Waals surface area contributed by atoms with Crippen molar-refractivity contribution in [1.29, 1.82) is 0 Å². The van der Waals surface area contributed by atoms with E-state index in [1.165, 1.54) is 11.8 Å². The van der Waals surface area contributed by atoms with Crippen LogP contribution < -0.4 is 5.32 Å². The molecule has 1 N–H and O–H groups in total. The molecular formula is C26H28N2O3. The van der Waals surface area contributed by atoms with Crippen molar-refractivity contribution < 1.29 is 14.0 Å². The van der Waals surface area contributed by atoms with Gasteiger partial charge in [0.1, 0.15) is 6.04 Å². The predicted octanol–water partition coefficient (Wildman–Crippen LogP) is 4.85. The van der Waals surface area contributed by atoms with Gasteiger partial charge in [-0.25, -0.2) is 0 Å². The molecule has 31 heavy (non-hydrogen) atoms. The van der Waals surface area contributed by atoms with Crippen LogP contribution >= 0.6 is 0 Å². The summed E-state index contributed by atoms with van der Waals surface area (Å²) in [7, 11) is 0. The SMILES string of the molecule is CC(C)c1ccc(C(C)NC(=O)C2Cc3ccccc3CN2C(=O)c2ccco2)cc1. The van der Waals surface area contributed by atoms with Crippen molar-refractivity contribution in [1.82, 2.24) is 10.2 Å². The molecule has 0 saturated heterocycles. The van der Waals surface area contributed by atoms with Gasteiger partial charge in [0.15, 0.2) is 5.76 Å². The van der Waals surface area contributed by atoms with E-state index in [2.05, 4.69) is 43.4 Å². The lowest BCUT2D eigenvalue weighted by atomic mass is 9.92. The van der Waals surface area contributed by atoms with E-state index < -0.39 is 6.04 Å². The Hall–Kier alpha value is -3.34. The monoisotopic (exact) mass is 416 g/mol. The second kappa shape index (κ2) is 8.80. The Labute approximate surface area is 183 Å². The van der Waals surface area contributed by atoms with E-state index in [1.807, 2.05) is 31.2 Å². The van der Waals surface area contributed by atoms with Crippen LogP contribution in [0, 0.1) is 0 Å². The molecule has 160 valence electrons. The van der Waals surface area contributed by atoms with Crippen molar-refractivity contribution in [2.24, 2.45) is 0 Å². The molecule has 0 radical (unpaired) electrons. The van der Waals surface area contributed by atoms with E-state index >= 15 is 0 Å². The van der Waals surface area contributed by atoms with Gasteiger partial charge >= 0.3 is 0 Å². The molecule has 2 atom stereocenters. The topological polar surface area (TPSA) is 62.6 Å². The first kappa shape index (κ1) is 20.9. The number of carbonyl (C=O) groups is 2. The number of nitrogens with zero attached hydrogens (tertiary/aromatic N) is 1. The van der Waals surface area contributed by atoms with Crippen molar-refractivity contribution in [3.05, 3.63) is 94.9 Å². The standard InChI is InChI=1S/C26H28N2O3/c1-17(2)19-10-12-20(13-11-19)18(3)27-25(29)23-15-21-7-4-5-8-22(21)16-28(23)26(30)24-9-6-14-31-24/h4-14,17-18,23H,15-16H2,1-3H3,(H,27,29). The number of nitrogens with one attached hydrogen (secondary N) is 1. The highest BCUT2D eigenvalue weighted by Crippen LogP contribution is 2.26. The van der Waals surface area contributed by atoms with Crippen molar-refractivity contribution in [3.63, 3.8) is 0 Å². The van der Waals surface area contributed by atoms with Crippen LogP contribution in [0.2, 0.25) is 0 Å². The highest BCUT2D eigenvalue weighted by Gasteiger charge is 2.36. The van der Waals surface area contributed by atoms with Crippen molar-refractivity contribution in [2.75, 3.05) is 0 Å². The minimum atomic E-state index is -0.593. The summed E-state index contributed by atoms with van der Waals surface area (Å²) in [6.07, 6.45) is 1.95. The molecule has 4 rings (SSSR count). The molecule has 0 spiro atoms. The van der Waals surface area contributed by atoms with E-state index in [-0.39, 0.29) is 23.6 Å². The summed E-state index contributed by atoms with van der Waals surface area (Å²) in [5.74, 6) is 0.278. The smallest absolute Gasteiger partial charge is 0.290 e. The van der Waals surface area contributed by atoms with Crippen LogP contribution in [0.3, 0.4) is 0 Å². The molecule has 0 aliphatic carbocycles. The van der Waals surface area contributed by atoms with Gasteiger partial charge in [0.05, 0.1) is 12.3 Å². The second-order valence-corrected chi connectivity index (χ2v) is 8.45. The van der Waals surface area contributed by atoms with Crippen LogP contribution in [0.1, 0.15) is 65.5 Å². The van der Waals surface area contributed by atoms with Crippen LogP contribution in [0.15, 0.2) is 71.3 Å². The molecule has 2 heterocycles. The van der Waals surface area contributed by atoms with E-state index in [1.54, 1.807) is 17.0 Å². The van der Waals surface area contributed by atoms with E-state index in [9.17, 15) is 9.59 Å². The zero-order valence-corrected chi connectivity index (χ0v) is 18.2. The Balaban J connectivity index is 1.55. The molecule has 2 amide bonds. The highest BCUT2D eigenvalue weighted by molar-refractivity contribution is 5.96. The lowest BCUT2D eigenvalue weighted by Crippen LogP contribution is -2.52. The number of hydrogen-bond acceptors (Lipinski definition) is 3. The number of benzene rings is 2. The van der Waals surface area contributed by atoms with Gasteiger partial charge in [-0.2, -0.15) is 0 Å². The number of fused-ring (bicyclic) bond motifs is 1. The van der Waals surface area contributed by atoms with Crippen LogP contribution in [0.5, 0.6) is 0 Å². The average Bonchev–Trinajstić information content (AvgIpc) is 3.32. The summed E-state index contributed by atoms with van der Waals surface area (Å²) >= 11 is 0. The highest BCUT2D eigenvalue weighted by atomic mass is 16.3. The summed E-state index contributed by atoms with van der Waals surface area (Å²) in [6.45, 7) is 6.67. The molecule has 1 aromatic heterocycles. The Bertz CT molecular complexity index is 1050. The van der Waals surface area contributed by atoms with Crippen LogP contribution in [0.25, 0.3) is 0 Å². The van der Waals surface area contributed by atoms with Gasteiger partial charge in [0, 0.05) is 13.0 Å². The maximum absolute atomic E-state index is 13.3. The minimum Gasteiger partial charge on any atom is -0.459 e. The molecule has 5 nitrogen and oxygen atoms in total. The summed E-state index contributed by atoms with van der Waals surface area (Å²) in [5.41, 5.74) is 4.46. The van der Waals surface area contributed by atoms with Gasteiger partial charge in [0.25, 0.3) is 5.91 Å². The molecule has 0 saturated carbocycles. The van der Waals surface area contributed by atoms with Gasteiger partial charge in [0.2, 0.25) is 5.91 Å². The molecular weight excluding hydrogens is 388 g/mol. The molecule has 3 aromatic rings. The summed E-state index contributed by atoms with van der Waals surface area (Å²) in [4.78, 5) is 28.0. The maximum Gasteiger partial charge on any atom is 0.290 e. The zero-order valence-electron chi connectivity index (χ0n) is 18.2. The molecule has 2 unspecified atom stereocenters. The van der Waals surface area contributed by atoms with Gasteiger partial charge in [-0.1, -0.05) is 62.4 Å². The predicted molar refractivity (Wildman–Crippen MR) is 120 cm³/mol. The first-order valence-corrected chi connectivity index (χ1v) is 10.8. The molecule has 5 heteroatoms. The maximum atomic E-state index is 13.3. The number of rotatable bonds is 5. The Morgan fingerprint density at radius 1 is 0.935 bits per heavy atom. The Morgan fingerprint density at radius 2 is 1.61 bits per heavy atom. The minimum absolute atomic E-state index is 0.158. The van der Waals surface area contributed by atoms with E-state index in [0.717, 1.165) is 16.7 Å². The van der Waals surface area contributed by atoms with Gasteiger partial charge < -0.3 is 14.6 Å².